The van der Waals surface area contributed by atoms with Crippen LogP contribution in [-0.2, 0) is 14.3 Å². The molecule has 0 aromatic heterocycles. The first-order valence-corrected chi connectivity index (χ1v) is 6.68. The van der Waals surface area contributed by atoms with Crippen LogP contribution in [0, 0.1) is 11.8 Å². The molecule has 1 unspecified atom stereocenters. The van der Waals surface area contributed by atoms with Gasteiger partial charge in [-0.2, -0.15) is 0 Å². The van der Waals surface area contributed by atoms with E-state index in [9.17, 15) is 9.59 Å². The van der Waals surface area contributed by atoms with Crippen LogP contribution in [-0.4, -0.2) is 30.7 Å². The third-order valence-electron chi connectivity index (χ3n) is 3.37. The van der Waals surface area contributed by atoms with Crippen molar-refractivity contribution in [2.45, 2.75) is 12.5 Å². The Labute approximate surface area is 121 Å². The molecule has 1 aliphatic carbocycles. The van der Waals surface area contributed by atoms with Crippen molar-refractivity contribution in [3.05, 3.63) is 34.9 Å². The molecule has 20 heavy (non-hydrogen) atoms. The predicted molar refractivity (Wildman–Crippen MR) is 73.4 cm³/mol. The molecule has 1 aliphatic rings. The number of benzene rings is 1. The standard InChI is InChI=1S/C14H16ClNO4/c1-20-7-12(8-2-4-9(15)5-3-8)16-13(17)10-6-11(10)14(18)19/h2-5,10-12H,6-7H2,1H3,(H,16,17)(H,18,19)/t10-,11+,12?/m1/s1. The van der Waals surface area contributed by atoms with E-state index in [0.717, 1.165) is 5.56 Å². The molecule has 2 N–H and O–H groups in total. The summed E-state index contributed by atoms with van der Waals surface area (Å²) in [6, 6.07) is 6.80. The summed E-state index contributed by atoms with van der Waals surface area (Å²) >= 11 is 5.83. The van der Waals surface area contributed by atoms with Crippen LogP contribution >= 0.6 is 11.6 Å². The van der Waals surface area contributed by atoms with E-state index in [1.807, 2.05) is 12.1 Å². The highest BCUT2D eigenvalue weighted by Crippen LogP contribution is 2.39. The maximum absolute atomic E-state index is 12.0. The van der Waals surface area contributed by atoms with Gasteiger partial charge >= 0.3 is 5.97 Å². The smallest absolute Gasteiger partial charge is 0.307 e. The average molecular weight is 298 g/mol. The Morgan fingerprint density at radius 1 is 1.40 bits per heavy atom. The number of hydrogen-bond acceptors (Lipinski definition) is 3. The van der Waals surface area contributed by atoms with E-state index >= 15 is 0 Å². The number of ether oxygens (including phenoxy) is 1. The van der Waals surface area contributed by atoms with Crippen LogP contribution in [0.25, 0.3) is 0 Å². The van der Waals surface area contributed by atoms with Gasteiger partial charge in [0.15, 0.2) is 0 Å². The van der Waals surface area contributed by atoms with E-state index in [1.54, 1.807) is 19.2 Å². The lowest BCUT2D eigenvalue weighted by atomic mass is 10.1. The molecule has 2 rings (SSSR count). The van der Waals surface area contributed by atoms with E-state index in [0.29, 0.717) is 18.1 Å². The summed E-state index contributed by atoms with van der Waals surface area (Å²) in [5, 5.41) is 12.3. The summed E-state index contributed by atoms with van der Waals surface area (Å²) in [6.07, 6.45) is 0.404. The van der Waals surface area contributed by atoms with Gasteiger partial charge in [-0.3, -0.25) is 9.59 Å². The summed E-state index contributed by atoms with van der Waals surface area (Å²) in [5.74, 6) is -2.14. The van der Waals surface area contributed by atoms with E-state index in [4.69, 9.17) is 21.4 Å². The second-order valence-electron chi connectivity index (χ2n) is 4.85. The van der Waals surface area contributed by atoms with Crippen LogP contribution in [0.15, 0.2) is 24.3 Å². The lowest BCUT2D eigenvalue weighted by Gasteiger charge is -2.18. The molecule has 0 bridgehead atoms. The van der Waals surface area contributed by atoms with Crippen LogP contribution in [0.3, 0.4) is 0 Å². The number of carbonyl (C=O) groups is 2. The topological polar surface area (TPSA) is 75.6 Å². The molecule has 1 amide bonds. The van der Waals surface area contributed by atoms with Gasteiger partial charge in [0.25, 0.3) is 0 Å². The van der Waals surface area contributed by atoms with Gasteiger partial charge in [0.1, 0.15) is 0 Å². The maximum Gasteiger partial charge on any atom is 0.307 e. The number of amides is 1. The van der Waals surface area contributed by atoms with Crippen molar-refractivity contribution in [1.29, 1.82) is 0 Å². The van der Waals surface area contributed by atoms with Crippen LogP contribution in [0.1, 0.15) is 18.0 Å². The molecule has 108 valence electrons. The number of rotatable bonds is 6. The fourth-order valence-electron chi connectivity index (χ4n) is 2.12. The van der Waals surface area contributed by atoms with Crippen LogP contribution < -0.4 is 5.32 Å². The summed E-state index contributed by atoms with van der Waals surface area (Å²) in [4.78, 5) is 22.8. The zero-order valence-electron chi connectivity index (χ0n) is 11.0. The molecule has 5 nitrogen and oxygen atoms in total. The number of methoxy groups -OCH3 is 1. The molecule has 0 aliphatic heterocycles. The molecule has 1 saturated carbocycles. The molecule has 3 atom stereocenters. The zero-order chi connectivity index (χ0) is 14.7. The molecule has 0 spiro atoms. The fourth-order valence-corrected chi connectivity index (χ4v) is 2.25. The summed E-state index contributed by atoms with van der Waals surface area (Å²) in [6.45, 7) is 0.317. The number of carbonyl (C=O) groups excluding carboxylic acids is 1. The zero-order valence-corrected chi connectivity index (χ0v) is 11.8. The monoisotopic (exact) mass is 297 g/mol. The largest absolute Gasteiger partial charge is 0.481 e. The Morgan fingerprint density at radius 3 is 2.55 bits per heavy atom. The minimum absolute atomic E-state index is 0.241. The first-order chi connectivity index (χ1) is 9.52. The molecular weight excluding hydrogens is 282 g/mol. The van der Waals surface area contributed by atoms with Gasteiger partial charge in [-0.05, 0) is 24.1 Å². The molecule has 1 aromatic carbocycles. The Kier molecular flexibility index (Phi) is 4.62. The van der Waals surface area contributed by atoms with Crippen LogP contribution in [0.5, 0.6) is 0 Å². The van der Waals surface area contributed by atoms with E-state index in [2.05, 4.69) is 5.32 Å². The molecule has 0 saturated heterocycles. The highest BCUT2D eigenvalue weighted by Gasteiger charge is 2.48. The van der Waals surface area contributed by atoms with Gasteiger partial charge in [0, 0.05) is 12.1 Å². The van der Waals surface area contributed by atoms with Crippen LogP contribution in [0.4, 0.5) is 0 Å². The predicted octanol–water partition coefficient (Wildman–Crippen LogP) is 1.86. The number of carboxylic acid groups (broad SMARTS) is 1. The summed E-state index contributed by atoms with van der Waals surface area (Å²) < 4.78 is 5.10. The number of hydrogen-bond donors (Lipinski definition) is 2. The van der Waals surface area contributed by atoms with Gasteiger partial charge in [0.2, 0.25) is 5.91 Å². The Balaban J connectivity index is 2.01. The molecule has 1 fully saturated rings. The summed E-state index contributed by atoms with van der Waals surface area (Å²) in [7, 11) is 1.55. The second kappa shape index (κ2) is 6.24. The third kappa shape index (κ3) is 3.49. The van der Waals surface area contributed by atoms with Crippen molar-refractivity contribution >= 4 is 23.5 Å². The average Bonchev–Trinajstić information content (AvgIpc) is 3.19. The quantitative estimate of drug-likeness (QED) is 0.840. The summed E-state index contributed by atoms with van der Waals surface area (Å²) in [5.41, 5.74) is 0.872. The number of nitrogens with one attached hydrogen (secondary N) is 1. The third-order valence-corrected chi connectivity index (χ3v) is 3.62. The van der Waals surface area contributed by atoms with E-state index in [-0.39, 0.29) is 11.9 Å². The van der Waals surface area contributed by atoms with Gasteiger partial charge in [-0.25, -0.2) is 0 Å². The van der Waals surface area contributed by atoms with E-state index in [1.165, 1.54) is 0 Å². The number of carboxylic acids is 1. The molecule has 0 heterocycles. The Bertz CT molecular complexity index is 502. The lowest BCUT2D eigenvalue weighted by molar-refractivity contribution is -0.140. The van der Waals surface area contributed by atoms with Crippen molar-refractivity contribution in [3.63, 3.8) is 0 Å². The molecule has 1 aromatic rings. The van der Waals surface area contributed by atoms with Crippen molar-refractivity contribution in [2.75, 3.05) is 13.7 Å². The minimum atomic E-state index is -0.917. The fraction of sp³-hybridized carbons (Fsp3) is 0.429. The Morgan fingerprint density at radius 2 is 2.05 bits per heavy atom. The van der Waals surface area contributed by atoms with Gasteiger partial charge in [-0.1, -0.05) is 23.7 Å². The van der Waals surface area contributed by atoms with Crippen molar-refractivity contribution in [2.24, 2.45) is 11.8 Å². The number of halogens is 1. The van der Waals surface area contributed by atoms with Crippen LogP contribution in [0.2, 0.25) is 5.02 Å². The normalized spacial score (nSPS) is 22.1. The highest BCUT2D eigenvalue weighted by molar-refractivity contribution is 6.30. The van der Waals surface area contributed by atoms with Gasteiger partial charge < -0.3 is 15.2 Å². The second-order valence-corrected chi connectivity index (χ2v) is 5.29. The maximum atomic E-state index is 12.0. The molecular formula is C14H16ClNO4. The first kappa shape index (κ1) is 14.8. The molecule has 0 radical (unpaired) electrons. The highest BCUT2D eigenvalue weighted by atomic mass is 35.5. The van der Waals surface area contributed by atoms with E-state index < -0.39 is 17.8 Å². The van der Waals surface area contributed by atoms with Gasteiger partial charge in [-0.15, -0.1) is 0 Å². The van der Waals surface area contributed by atoms with Gasteiger partial charge in [0.05, 0.1) is 24.5 Å². The van der Waals surface area contributed by atoms with Crippen molar-refractivity contribution in [3.8, 4) is 0 Å². The first-order valence-electron chi connectivity index (χ1n) is 6.30. The van der Waals surface area contributed by atoms with Crippen molar-refractivity contribution < 1.29 is 19.4 Å². The minimum Gasteiger partial charge on any atom is -0.481 e. The number of aliphatic carboxylic acids is 1. The SMILES string of the molecule is COCC(NC(=O)[C@@H]1C[C@@H]1C(=O)O)c1ccc(Cl)cc1. The lowest BCUT2D eigenvalue weighted by Crippen LogP contribution is -2.33. The van der Waals surface area contributed by atoms with Crippen molar-refractivity contribution in [1.82, 2.24) is 5.32 Å². The Hall–Kier alpha value is -1.59. The molecule has 6 heteroatoms.